The number of nitrogens with zero attached hydrogens (tertiary/aromatic N) is 2. The van der Waals surface area contributed by atoms with E-state index in [1.807, 2.05) is 0 Å². The Morgan fingerprint density at radius 1 is 0.788 bits per heavy atom. The Bertz CT molecular complexity index is 1440. The summed E-state index contributed by atoms with van der Waals surface area (Å²) >= 11 is 0. The first-order chi connectivity index (χ1) is 13.9. The van der Waals surface area contributed by atoms with E-state index < -0.39 is 47.3 Å². The number of hydrogen-bond donors (Lipinski definition) is 1. The molecule has 0 aliphatic heterocycles. The third-order valence-electron chi connectivity index (χ3n) is 3.91. The minimum atomic E-state index is -5.14. The molecule has 0 spiro atoms. The van der Waals surface area contributed by atoms with E-state index in [0.29, 0.717) is 6.07 Å². The van der Waals surface area contributed by atoms with E-state index in [2.05, 4.69) is 10.2 Å². The maximum Gasteiger partial charge on any atom is 1.00 e. The molecule has 0 unspecified atom stereocenters. The van der Waals surface area contributed by atoms with E-state index in [0.717, 1.165) is 24.3 Å². The second kappa shape index (κ2) is 12.5. The molecule has 156 valence electrons. The summed E-state index contributed by atoms with van der Waals surface area (Å²) in [7, 11) is -10.2. The van der Waals surface area contributed by atoms with Crippen molar-refractivity contribution in [3.63, 3.8) is 0 Å². The number of fused-ring (bicyclic) bond motifs is 1. The zero-order chi connectivity index (χ0) is 22.3. The monoisotopic (exact) mass is 518 g/mol. The minimum Gasteiger partial charge on any atom is -0.872 e. The molecule has 3 aromatic rings. The van der Waals surface area contributed by atoms with Gasteiger partial charge < -0.3 is 19.3 Å². The second-order valence-corrected chi connectivity index (χ2v) is 8.65. The normalized spacial score (nSPS) is 11.3. The van der Waals surface area contributed by atoms with Crippen LogP contribution in [0.5, 0.6) is 5.75 Å². The third-order valence-corrected chi connectivity index (χ3v) is 5.60. The van der Waals surface area contributed by atoms with Crippen molar-refractivity contribution >= 4 is 48.4 Å². The van der Waals surface area contributed by atoms with Gasteiger partial charge in [0, 0.05) is 5.39 Å². The quantitative estimate of drug-likeness (QED) is 0.194. The van der Waals surface area contributed by atoms with Crippen LogP contribution in [0.2, 0.25) is 0 Å². The van der Waals surface area contributed by atoms with Crippen molar-refractivity contribution < 1.29 is 130 Å². The Balaban J connectivity index is 0.00000341. The van der Waals surface area contributed by atoms with Crippen LogP contribution in [-0.4, -0.2) is 37.0 Å². The summed E-state index contributed by atoms with van der Waals surface area (Å²) in [4.78, 5) is 9.20. The van der Waals surface area contributed by atoms with Gasteiger partial charge in [0.2, 0.25) is 0 Å². The van der Waals surface area contributed by atoms with Crippen molar-refractivity contribution in [2.45, 2.75) is 9.79 Å². The summed E-state index contributed by atoms with van der Waals surface area (Å²) < 4.78 is 68.4. The van der Waals surface area contributed by atoms with E-state index in [-0.39, 0.29) is 111 Å². The smallest absolute Gasteiger partial charge is 0.872 e. The van der Waals surface area contributed by atoms with Crippen LogP contribution < -0.4 is 93.8 Å². The van der Waals surface area contributed by atoms with E-state index in [9.17, 15) is 35.8 Å². The summed E-state index contributed by atoms with van der Waals surface area (Å²) in [5.41, 5.74) is -0.458. The Morgan fingerprint density at radius 3 is 1.85 bits per heavy atom. The van der Waals surface area contributed by atoms with Gasteiger partial charge >= 0.3 is 94.6 Å². The van der Waals surface area contributed by atoms with Crippen molar-refractivity contribution in [1.29, 1.82) is 0 Å². The van der Waals surface area contributed by atoms with Gasteiger partial charge in [-0.15, -0.1) is 0 Å². The molecule has 0 aromatic heterocycles. The molecule has 3 rings (SSSR count). The predicted octanol–water partition coefficient (Wildman–Crippen LogP) is -7.15. The van der Waals surface area contributed by atoms with Gasteiger partial charge in [-0.1, -0.05) is 17.9 Å². The number of benzene rings is 3. The first-order valence-electron chi connectivity index (χ1n) is 7.82. The molecule has 0 saturated heterocycles. The summed E-state index contributed by atoms with van der Waals surface area (Å²) in [6.07, 6.45) is 0. The largest absolute Gasteiger partial charge is 1.00 e. The van der Waals surface area contributed by atoms with Crippen LogP contribution in [0.1, 0.15) is 10.4 Å². The molecule has 0 aliphatic carbocycles. The molecule has 0 saturated carbocycles. The molecule has 0 radical (unpaired) electrons. The van der Waals surface area contributed by atoms with Gasteiger partial charge in [-0.3, -0.25) is 0 Å². The van der Waals surface area contributed by atoms with Crippen LogP contribution >= 0.6 is 0 Å². The van der Waals surface area contributed by atoms with E-state index in [1.165, 1.54) is 18.2 Å². The number of azo groups is 1. The zero-order valence-corrected chi connectivity index (χ0v) is 25.2. The Kier molecular flexibility index (Phi) is 12.4. The molecule has 0 atom stereocenters. The molecule has 16 heteroatoms. The minimum absolute atomic E-state index is 0. The van der Waals surface area contributed by atoms with Gasteiger partial charge in [0.05, 0.1) is 26.7 Å². The van der Waals surface area contributed by atoms with E-state index >= 15 is 0 Å². The molecule has 3 aromatic carbocycles. The number of rotatable bonds is 5. The zero-order valence-electron chi connectivity index (χ0n) is 17.5. The molecule has 1 N–H and O–H groups in total. The third kappa shape index (κ3) is 8.07. The fraction of sp³-hybridized carbons (Fsp3) is 0. The Hall–Kier alpha value is -0.390. The van der Waals surface area contributed by atoms with Gasteiger partial charge in [-0.05, 0) is 41.8 Å². The Labute approximate surface area is 254 Å². The Morgan fingerprint density at radius 2 is 1.33 bits per heavy atom. The first kappa shape index (κ1) is 32.6. The maximum absolute atomic E-state index is 11.6. The molecule has 33 heavy (non-hydrogen) atoms. The molecular formula is C17H9N2Na3O9S2. The van der Waals surface area contributed by atoms with Crippen LogP contribution in [0.15, 0.2) is 68.6 Å². The molecule has 11 nitrogen and oxygen atoms in total. The average molecular weight is 518 g/mol. The van der Waals surface area contributed by atoms with E-state index in [1.54, 1.807) is 0 Å². The fourth-order valence-electron chi connectivity index (χ4n) is 2.56. The predicted molar refractivity (Wildman–Crippen MR) is 96.9 cm³/mol. The maximum atomic E-state index is 11.6. The van der Waals surface area contributed by atoms with Crippen LogP contribution in [0, 0.1) is 0 Å². The first-order valence-corrected chi connectivity index (χ1v) is 10.6. The molecular weight excluding hydrogens is 509 g/mol. The second-order valence-electron chi connectivity index (χ2n) is 5.92. The van der Waals surface area contributed by atoms with Gasteiger partial charge in [-0.2, -0.15) is 10.2 Å². The summed E-state index contributed by atoms with van der Waals surface area (Å²) in [5, 5.41) is 27.8. The van der Waals surface area contributed by atoms with Gasteiger partial charge in [-0.25, -0.2) is 21.6 Å². The molecule has 0 aliphatic rings. The van der Waals surface area contributed by atoms with Gasteiger partial charge in [0.1, 0.15) is 20.2 Å². The summed E-state index contributed by atoms with van der Waals surface area (Å²) in [6.45, 7) is 0. The van der Waals surface area contributed by atoms with Gasteiger partial charge in [0.25, 0.3) is 0 Å². The van der Waals surface area contributed by atoms with Crippen molar-refractivity contribution in [3.05, 3.63) is 54.1 Å². The molecule has 0 amide bonds. The van der Waals surface area contributed by atoms with Crippen molar-refractivity contribution in [2.24, 2.45) is 10.2 Å². The standard InChI is InChI=1S/C17H12N2O9S2.3Na/c20-15-4-3-11(7-14(15)17(21)22)19-18-10-2-1-9-5-12(29(23,24)25)8-16(13(9)6-10)30(26,27)28;;;/h1-8,20H,(H,21,22)(H,23,24,25)(H,26,27,28);;;/q;3*+1/p-3. The van der Waals surface area contributed by atoms with Crippen LogP contribution in [0.3, 0.4) is 0 Å². The number of carboxylic acids is 1. The van der Waals surface area contributed by atoms with Crippen LogP contribution in [0.4, 0.5) is 11.4 Å². The molecule has 0 heterocycles. The number of hydrogen-bond acceptors (Lipinski definition) is 10. The summed E-state index contributed by atoms with van der Waals surface area (Å²) in [6, 6.07) is 8.26. The summed E-state index contributed by atoms with van der Waals surface area (Å²) in [5.74, 6) is -2.17. The number of carboxylic acid groups (broad SMARTS) is 1. The van der Waals surface area contributed by atoms with Crippen molar-refractivity contribution in [1.82, 2.24) is 0 Å². The van der Waals surface area contributed by atoms with Crippen molar-refractivity contribution in [3.8, 4) is 5.75 Å². The van der Waals surface area contributed by atoms with Gasteiger partial charge in [0.15, 0.2) is 0 Å². The number of carbonyl (C=O) groups is 1. The van der Waals surface area contributed by atoms with E-state index in [4.69, 9.17) is 5.11 Å². The van der Waals surface area contributed by atoms with Crippen LogP contribution in [0.25, 0.3) is 10.8 Å². The van der Waals surface area contributed by atoms with Crippen LogP contribution in [-0.2, 0) is 20.2 Å². The average Bonchev–Trinajstić information content (AvgIpc) is 2.64. The topological polar surface area (TPSA) is 199 Å². The SMILES string of the molecule is O=C(O)c1cc(N=Nc2ccc3cc(S(=O)(=O)[O-])cc(S(=O)(=O)[O-])c3c2)ccc1[O-].[Na+].[Na+].[Na+]. The van der Waals surface area contributed by atoms with Crippen molar-refractivity contribution in [2.75, 3.05) is 0 Å². The molecule has 0 fully saturated rings. The fourth-order valence-corrected chi connectivity index (χ4v) is 3.89. The number of aromatic carboxylic acids is 1. The molecule has 0 bridgehead atoms.